The van der Waals surface area contributed by atoms with Gasteiger partial charge in [-0.1, -0.05) is 0 Å². The van der Waals surface area contributed by atoms with E-state index in [-0.39, 0.29) is 24.0 Å². The van der Waals surface area contributed by atoms with Gasteiger partial charge in [-0.2, -0.15) is 0 Å². The standard InChI is InChI=1S/C15H18FN3O3/c1-18-12(20)9-10(14(21)22)15(18)4-7-19(8-5-15)13-11(16)3-2-6-17-13/h2-3,6,10H,4-5,7-9H2,1H3,(H,21,22)/t10-/m0/s1. The normalized spacial score (nSPS) is 24.1. The number of aromatic nitrogens is 1. The lowest BCUT2D eigenvalue weighted by molar-refractivity contribution is -0.145. The largest absolute Gasteiger partial charge is 0.481 e. The Bertz CT molecular complexity index is 614. The van der Waals surface area contributed by atoms with E-state index in [0.29, 0.717) is 25.9 Å². The molecule has 2 aliphatic heterocycles. The van der Waals surface area contributed by atoms with Crippen LogP contribution in [0.25, 0.3) is 0 Å². The zero-order valence-electron chi connectivity index (χ0n) is 12.3. The van der Waals surface area contributed by atoms with Crippen LogP contribution in [0.3, 0.4) is 0 Å². The number of likely N-dealkylation sites (tertiary alicyclic amines) is 1. The topological polar surface area (TPSA) is 73.7 Å². The predicted octanol–water partition coefficient (Wildman–Crippen LogP) is 1.12. The zero-order chi connectivity index (χ0) is 15.9. The lowest BCUT2D eigenvalue weighted by atomic mass is 9.77. The van der Waals surface area contributed by atoms with Gasteiger partial charge in [0.05, 0.1) is 11.5 Å². The number of pyridine rings is 1. The molecule has 0 saturated carbocycles. The van der Waals surface area contributed by atoms with Crippen molar-refractivity contribution < 1.29 is 19.1 Å². The third kappa shape index (κ3) is 2.12. The average molecular weight is 307 g/mol. The SMILES string of the molecule is CN1C(=O)C[C@@H](C(=O)O)C12CCN(c1ncccc1F)CC2. The highest BCUT2D eigenvalue weighted by Gasteiger charge is 2.55. The van der Waals surface area contributed by atoms with Crippen LogP contribution in [-0.2, 0) is 9.59 Å². The first-order valence-electron chi connectivity index (χ1n) is 7.30. The first kappa shape index (κ1) is 14.7. The van der Waals surface area contributed by atoms with E-state index in [2.05, 4.69) is 4.98 Å². The molecule has 2 fully saturated rings. The van der Waals surface area contributed by atoms with Gasteiger partial charge in [0.25, 0.3) is 0 Å². The van der Waals surface area contributed by atoms with Crippen LogP contribution < -0.4 is 4.90 Å². The number of amides is 1. The highest BCUT2D eigenvalue weighted by Crippen LogP contribution is 2.43. The van der Waals surface area contributed by atoms with Crippen molar-refractivity contribution in [2.45, 2.75) is 24.8 Å². The maximum absolute atomic E-state index is 13.8. The molecule has 2 saturated heterocycles. The van der Waals surface area contributed by atoms with Crippen LogP contribution in [0.15, 0.2) is 18.3 Å². The number of piperidine rings is 1. The highest BCUT2D eigenvalue weighted by molar-refractivity contribution is 5.88. The van der Waals surface area contributed by atoms with E-state index in [1.807, 2.05) is 4.90 Å². The monoisotopic (exact) mass is 307 g/mol. The summed E-state index contributed by atoms with van der Waals surface area (Å²) in [6, 6.07) is 2.89. The molecule has 1 aromatic heterocycles. The van der Waals surface area contributed by atoms with Gasteiger partial charge in [0.15, 0.2) is 11.6 Å². The van der Waals surface area contributed by atoms with Crippen LogP contribution >= 0.6 is 0 Å². The summed E-state index contributed by atoms with van der Waals surface area (Å²) in [6.07, 6.45) is 2.59. The number of carbonyl (C=O) groups is 2. The highest BCUT2D eigenvalue weighted by atomic mass is 19.1. The summed E-state index contributed by atoms with van der Waals surface area (Å²) in [5.74, 6) is -1.86. The number of hydrogen-bond acceptors (Lipinski definition) is 4. The molecule has 2 aliphatic rings. The predicted molar refractivity (Wildman–Crippen MR) is 76.9 cm³/mol. The molecule has 7 heteroatoms. The third-order valence-electron chi connectivity index (χ3n) is 5.04. The van der Waals surface area contributed by atoms with Crippen molar-refractivity contribution in [1.82, 2.24) is 9.88 Å². The van der Waals surface area contributed by atoms with Gasteiger partial charge in [0.2, 0.25) is 5.91 Å². The molecule has 3 heterocycles. The molecular formula is C15H18FN3O3. The van der Waals surface area contributed by atoms with Gasteiger partial charge >= 0.3 is 5.97 Å². The Labute approximate surface area is 127 Å². The minimum atomic E-state index is -0.935. The second-order valence-electron chi connectivity index (χ2n) is 5.95. The second-order valence-corrected chi connectivity index (χ2v) is 5.95. The van der Waals surface area contributed by atoms with Crippen LogP contribution in [0.1, 0.15) is 19.3 Å². The molecule has 0 bridgehead atoms. The van der Waals surface area contributed by atoms with E-state index in [0.717, 1.165) is 0 Å². The van der Waals surface area contributed by atoms with Crippen molar-refractivity contribution in [3.05, 3.63) is 24.1 Å². The maximum atomic E-state index is 13.8. The quantitative estimate of drug-likeness (QED) is 0.886. The number of carbonyl (C=O) groups excluding carboxylic acids is 1. The van der Waals surface area contributed by atoms with Crippen molar-refractivity contribution in [2.75, 3.05) is 25.0 Å². The molecule has 3 rings (SSSR count). The number of carboxylic acids is 1. The third-order valence-corrected chi connectivity index (χ3v) is 5.04. The van der Waals surface area contributed by atoms with Gasteiger partial charge in [-0.3, -0.25) is 9.59 Å². The smallest absolute Gasteiger partial charge is 0.309 e. The van der Waals surface area contributed by atoms with E-state index >= 15 is 0 Å². The Morgan fingerprint density at radius 2 is 2.14 bits per heavy atom. The van der Waals surface area contributed by atoms with Crippen LogP contribution in [0, 0.1) is 11.7 Å². The molecule has 1 amide bonds. The molecule has 118 valence electrons. The first-order valence-corrected chi connectivity index (χ1v) is 7.30. The summed E-state index contributed by atoms with van der Waals surface area (Å²) in [7, 11) is 1.67. The van der Waals surface area contributed by atoms with E-state index in [9.17, 15) is 19.1 Å². The van der Waals surface area contributed by atoms with E-state index in [4.69, 9.17) is 0 Å². The molecule has 0 aromatic carbocycles. The number of hydrogen-bond donors (Lipinski definition) is 1. The number of aliphatic carboxylic acids is 1. The van der Waals surface area contributed by atoms with Crippen molar-refractivity contribution in [2.24, 2.45) is 5.92 Å². The number of nitrogens with zero attached hydrogens (tertiary/aromatic N) is 3. The summed E-state index contributed by atoms with van der Waals surface area (Å²) in [4.78, 5) is 30.9. The summed E-state index contributed by atoms with van der Waals surface area (Å²) in [5, 5.41) is 9.43. The van der Waals surface area contributed by atoms with Crippen LogP contribution in [0.5, 0.6) is 0 Å². The molecule has 6 nitrogen and oxygen atoms in total. The molecule has 0 radical (unpaired) electrons. The Morgan fingerprint density at radius 1 is 1.45 bits per heavy atom. The summed E-state index contributed by atoms with van der Waals surface area (Å²) in [6.45, 7) is 0.963. The van der Waals surface area contributed by atoms with Crippen molar-refractivity contribution in [3.63, 3.8) is 0 Å². The van der Waals surface area contributed by atoms with Gasteiger partial charge in [-0.05, 0) is 25.0 Å². The molecule has 1 N–H and O–H groups in total. The molecule has 0 aliphatic carbocycles. The summed E-state index contributed by atoms with van der Waals surface area (Å²) < 4.78 is 13.8. The fourth-order valence-corrected chi connectivity index (χ4v) is 3.70. The Kier molecular flexibility index (Phi) is 3.50. The molecule has 22 heavy (non-hydrogen) atoms. The lowest BCUT2D eigenvalue weighted by Gasteiger charge is -2.45. The lowest BCUT2D eigenvalue weighted by Crippen LogP contribution is -2.56. The maximum Gasteiger partial charge on any atom is 0.309 e. The van der Waals surface area contributed by atoms with Crippen LogP contribution in [0.2, 0.25) is 0 Å². The number of carboxylic acid groups (broad SMARTS) is 1. The molecule has 1 spiro atoms. The van der Waals surface area contributed by atoms with Gasteiger partial charge in [-0.15, -0.1) is 0 Å². The van der Waals surface area contributed by atoms with E-state index in [1.54, 1.807) is 11.9 Å². The average Bonchev–Trinajstić information content (AvgIpc) is 2.74. The first-order chi connectivity index (χ1) is 10.5. The zero-order valence-corrected chi connectivity index (χ0v) is 12.3. The Balaban J connectivity index is 1.82. The van der Waals surface area contributed by atoms with Crippen LogP contribution in [0.4, 0.5) is 10.2 Å². The van der Waals surface area contributed by atoms with Crippen molar-refractivity contribution in [1.29, 1.82) is 0 Å². The van der Waals surface area contributed by atoms with Gasteiger partial charge < -0.3 is 14.9 Å². The van der Waals surface area contributed by atoms with Gasteiger partial charge in [0.1, 0.15) is 0 Å². The fraction of sp³-hybridized carbons (Fsp3) is 0.533. The summed E-state index contributed by atoms with van der Waals surface area (Å²) >= 11 is 0. The number of halogens is 1. The Hall–Kier alpha value is -2.18. The van der Waals surface area contributed by atoms with E-state index in [1.165, 1.54) is 18.3 Å². The number of anilines is 1. The fourth-order valence-electron chi connectivity index (χ4n) is 3.70. The Morgan fingerprint density at radius 3 is 2.73 bits per heavy atom. The van der Waals surface area contributed by atoms with Gasteiger partial charge in [0, 0.05) is 32.8 Å². The number of rotatable bonds is 2. The second kappa shape index (κ2) is 5.23. The van der Waals surface area contributed by atoms with Gasteiger partial charge in [-0.25, -0.2) is 9.37 Å². The minimum absolute atomic E-state index is 0.0454. The molecule has 1 atom stereocenters. The minimum Gasteiger partial charge on any atom is -0.481 e. The molecular weight excluding hydrogens is 289 g/mol. The van der Waals surface area contributed by atoms with Crippen molar-refractivity contribution >= 4 is 17.7 Å². The molecule has 0 unspecified atom stereocenters. The van der Waals surface area contributed by atoms with E-state index < -0.39 is 17.4 Å². The van der Waals surface area contributed by atoms with Crippen LogP contribution in [-0.4, -0.2) is 52.5 Å². The van der Waals surface area contributed by atoms with Crippen molar-refractivity contribution in [3.8, 4) is 0 Å². The molecule has 1 aromatic rings. The summed E-state index contributed by atoms with van der Waals surface area (Å²) in [5.41, 5.74) is -0.662.